The summed E-state index contributed by atoms with van der Waals surface area (Å²) in [4.78, 5) is 12.9. The van der Waals surface area contributed by atoms with Gasteiger partial charge in [-0.1, -0.05) is 0 Å². The van der Waals surface area contributed by atoms with Crippen LogP contribution >= 0.6 is 15.9 Å². The summed E-state index contributed by atoms with van der Waals surface area (Å²) in [6, 6.07) is 0. The highest BCUT2D eigenvalue weighted by molar-refractivity contribution is 9.10. The molecule has 6 heteroatoms. The standard InChI is InChI=1S/C6H3BrF3NO/c7-5-3(8)4(12)2(1-11-5)6(9)10/h1,6H,(H,11,12). The summed E-state index contributed by atoms with van der Waals surface area (Å²) in [5.74, 6) is -1.23. The Kier molecular flexibility index (Phi) is 2.56. The third-order valence-corrected chi connectivity index (χ3v) is 1.82. The van der Waals surface area contributed by atoms with Crippen LogP contribution in [0.1, 0.15) is 12.0 Å². The van der Waals surface area contributed by atoms with E-state index in [9.17, 15) is 18.0 Å². The summed E-state index contributed by atoms with van der Waals surface area (Å²) in [6.45, 7) is 0. The van der Waals surface area contributed by atoms with Crippen molar-refractivity contribution in [2.45, 2.75) is 6.43 Å². The van der Waals surface area contributed by atoms with Gasteiger partial charge in [0.1, 0.15) is 4.60 Å². The largest absolute Gasteiger partial charge is 0.353 e. The second-order valence-electron chi connectivity index (χ2n) is 2.00. The number of hydrogen-bond donors (Lipinski definition) is 1. The van der Waals surface area contributed by atoms with Crippen LogP contribution in [0.3, 0.4) is 0 Å². The summed E-state index contributed by atoms with van der Waals surface area (Å²) in [7, 11) is 0. The van der Waals surface area contributed by atoms with Crippen molar-refractivity contribution in [3.8, 4) is 0 Å². The van der Waals surface area contributed by atoms with E-state index in [1.54, 1.807) is 0 Å². The van der Waals surface area contributed by atoms with Crippen molar-refractivity contribution >= 4 is 15.9 Å². The molecule has 0 spiro atoms. The lowest BCUT2D eigenvalue weighted by Gasteiger charge is -1.99. The lowest BCUT2D eigenvalue weighted by Crippen LogP contribution is -2.14. The van der Waals surface area contributed by atoms with Gasteiger partial charge in [-0.05, 0) is 15.9 Å². The summed E-state index contributed by atoms with van der Waals surface area (Å²) < 4.78 is 36.3. The monoisotopic (exact) mass is 241 g/mol. The van der Waals surface area contributed by atoms with Crippen LogP contribution in [-0.4, -0.2) is 4.98 Å². The SMILES string of the molecule is O=c1c(C(F)F)c[nH]c(Br)c1F. The van der Waals surface area contributed by atoms with E-state index in [-0.39, 0.29) is 4.60 Å². The van der Waals surface area contributed by atoms with Gasteiger partial charge in [-0.15, -0.1) is 0 Å². The first-order valence-corrected chi connectivity index (χ1v) is 3.68. The molecule has 1 aromatic heterocycles. The maximum absolute atomic E-state index is 12.6. The van der Waals surface area contributed by atoms with Gasteiger partial charge in [0.05, 0.1) is 5.56 Å². The maximum Gasteiger partial charge on any atom is 0.269 e. The fourth-order valence-corrected chi connectivity index (χ4v) is 0.953. The first kappa shape index (κ1) is 9.31. The van der Waals surface area contributed by atoms with E-state index >= 15 is 0 Å². The van der Waals surface area contributed by atoms with E-state index in [4.69, 9.17) is 0 Å². The van der Waals surface area contributed by atoms with Crippen LogP contribution in [0.15, 0.2) is 15.6 Å². The molecule has 0 aromatic carbocycles. The highest BCUT2D eigenvalue weighted by Gasteiger charge is 2.16. The molecule has 1 aromatic rings. The number of H-pyrrole nitrogens is 1. The molecule has 12 heavy (non-hydrogen) atoms. The van der Waals surface area contributed by atoms with Gasteiger partial charge in [0.15, 0.2) is 0 Å². The molecule has 0 radical (unpaired) electrons. The van der Waals surface area contributed by atoms with E-state index in [0.29, 0.717) is 0 Å². The van der Waals surface area contributed by atoms with Gasteiger partial charge in [0, 0.05) is 6.20 Å². The molecule has 0 fully saturated rings. The number of aromatic amines is 1. The molecular weight excluding hydrogens is 239 g/mol. The Morgan fingerprint density at radius 3 is 2.58 bits per heavy atom. The molecule has 1 N–H and O–H groups in total. The van der Waals surface area contributed by atoms with Gasteiger partial charge in [-0.2, -0.15) is 4.39 Å². The number of rotatable bonds is 1. The van der Waals surface area contributed by atoms with Crippen LogP contribution in [0.2, 0.25) is 0 Å². The summed E-state index contributed by atoms with van der Waals surface area (Å²) in [6.07, 6.45) is -2.18. The van der Waals surface area contributed by atoms with Crippen LogP contribution < -0.4 is 5.43 Å². The Morgan fingerprint density at radius 1 is 1.50 bits per heavy atom. The minimum Gasteiger partial charge on any atom is -0.353 e. The summed E-state index contributed by atoms with van der Waals surface area (Å²) >= 11 is 2.65. The van der Waals surface area contributed by atoms with Crippen LogP contribution in [-0.2, 0) is 0 Å². The van der Waals surface area contributed by atoms with E-state index in [0.717, 1.165) is 6.20 Å². The smallest absolute Gasteiger partial charge is 0.269 e. The van der Waals surface area contributed by atoms with Gasteiger partial charge in [0.25, 0.3) is 6.43 Å². The molecule has 0 saturated carbocycles. The van der Waals surface area contributed by atoms with Crippen LogP contribution in [0.4, 0.5) is 13.2 Å². The summed E-state index contributed by atoms with van der Waals surface area (Å²) in [5.41, 5.74) is -2.15. The van der Waals surface area contributed by atoms with Crippen LogP contribution in [0.5, 0.6) is 0 Å². The minimum atomic E-state index is -2.96. The fourth-order valence-electron chi connectivity index (χ4n) is 0.659. The van der Waals surface area contributed by atoms with E-state index in [2.05, 4.69) is 20.9 Å². The highest BCUT2D eigenvalue weighted by Crippen LogP contribution is 2.16. The number of alkyl halides is 2. The van der Waals surface area contributed by atoms with Crippen molar-refractivity contribution < 1.29 is 13.2 Å². The molecule has 66 valence electrons. The fraction of sp³-hybridized carbons (Fsp3) is 0.167. The Hall–Kier alpha value is -0.780. The molecule has 1 heterocycles. The average molecular weight is 242 g/mol. The van der Waals surface area contributed by atoms with E-state index < -0.39 is 23.2 Å². The van der Waals surface area contributed by atoms with Crippen molar-refractivity contribution in [3.05, 3.63) is 32.4 Å². The van der Waals surface area contributed by atoms with Crippen LogP contribution in [0.25, 0.3) is 0 Å². The lowest BCUT2D eigenvalue weighted by atomic mass is 10.3. The number of pyridine rings is 1. The molecular formula is C6H3BrF3NO. The number of nitrogens with one attached hydrogen (secondary N) is 1. The zero-order chi connectivity index (χ0) is 9.30. The molecule has 0 saturated heterocycles. The molecule has 0 aliphatic heterocycles. The van der Waals surface area contributed by atoms with Gasteiger partial charge in [-0.3, -0.25) is 4.79 Å². The molecule has 2 nitrogen and oxygen atoms in total. The van der Waals surface area contributed by atoms with Crippen molar-refractivity contribution in [3.63, 3.8) is 0 Å². The maximum atomic E-state index is 12.6. The predicted octanol–water partition coefficient (Wildman–Crippen LogP) is 2.21. The number of hydrogen-bond acceptors (Lipinski definition) is 1. The third kappa shape index (κ3) is 1.52. The van der Waals surface area contributed by atoms with Gasteiger partial charge in [-0.25, -0.2) is 8.78 Å². The predicted molar refractivity (Wildman–Crippen MR) is 39.7 cm³/mol. The zero-order valence-corrected chi connectivity index (χ0v) is 7.16. The van der Waals surface area contributed by atoms with Gasteiger partial charge < -0.3 is 4.98 Å². The Morgan fingerprint density at radius 2 is 2.08 bits per heavy atom. The highest BCUT2D eigenvalue weighted by atomic mass is 79.9. The first-order valence-electron chi connectivity index (χ1n) is 2.88. The topological polar surface area (TPSA) is 32.9 Å². The first-order chi connectivity index (χ1) is 5.54. The zero-order valence-electron chi connectivity index (χ0n) is 5.57. The molecule has 0 bridgehead atoms. The normalized spacial score (nSPS) is 10.8. The molecule has 1 rings (SSSR count). The number of halogens is 4. The Balaban J connectivity index is 3.37. The molecule has 0 aliphatic rings. The van der Waals surface area contributed by atoms with Crippen molar-refractivity contribution in [1.82, 2.24) is 4.98 Å². The second kappa shape index (κ2) is 3.30. The van der Waals surface area contributed by atoms with E-state index in [1.807, 2.05) is 0 Å². The molecule has 0 unspecified atom stereocenters. The Labute approximate surface area is 73.5 Å². The molecule has 0 aliphatic carbocycles. The molecule has 0 amide bonds. The second-order valence-corrected chi connectivity index (χ2v) is 2.79. The van der Waals surface area contributed by atoms with Crippen molar-refractivity contribution in [1.29, 1.82) is 0 Å². The molecule has 0 atom stereocenters. The third-order valence-electron chi connectivity index (χ3n) is 1.24. The number of aromatic nitrogens is 1. The van der Waals surface area contributed by atoms with Crippen molar-refractivity contribution in [2.75, 3.05) is 0 Å². The Bertz CT molecular complexity index is 349. The van der Waals surface area contributed by atoms with Crippen molar-refractivity contribution in [2.24, 2.45) is 0 Å². The summed E-state index contributed by atoms with van der Waals surface area (Å²) in [5, 5.41) is 0. The van der Waals surface area contributed by atoms with Gasteiger partial charge >= 0.3 is 0 Å². The average Bonchev–Trinajstić information content (AvgIpc) is 2.00. The van der Waals surface area contributed by atoms with Gasteiger partial charge in [0.2, 0.25) is 11.2 Å². The quantitative estimate of drug-likeness (QED) is 0.752. The van der Waals surface area contributed by atoms with E-state index in [1.165, 1.54) is 0 Å². The minimum absolute atomic E-state index is 0.225. The van der Waals surface area contributed by atoms with Crippen LogP contribution in [0, 0.1) is 5.82 Å². The lowest BCUT2D eigenvalue weighted by molar-refractivity contribution is 0.149.